The number of hydrogen-bond donors (Lipinski definition) is 0. The number of piperidine rings is 1. The Morgan fingerprint density at radius 2 is 1.87 bits per heavy atom. The van der Waals surface area contributed by atoms with Crippen LogP contribution in [0.15, 0.2) is 23.0 Å². The van der Waals surface area contributed by atoms with E-state index in [1.165, 1.54) is 0 Å². The van der Waals surface area contributed by atoms with Crippen molar-refractivity contribution < 1.29 is 4.79 Å². The van der Waals surface area contributed by atoms with E-state index in [0.29, 0.717) is 39.8 Å². The van der Waals surface area contributed by atoms with Crippen LogP contribution in [-0.4, -0.2) is 50.6 Å². The molecule has 3 heterocycles. The molecule has 1 saturated heterocycles. The van der Waals surface area contributed by atoms with Crippen molar-refractivity contribution in [1.29, 1.82) is 0 Å². The summed E-state index contributed by atoms with van der Waals surface area (Å²) in [7, 11) is 0. The van der Waals surface area contributed by atoms with Gasteiger partial charge in [0.1, 0.15) is 0 Å². The van der Waals surface area contributed by atoms with Crippen LogP contribution >= 0.6 is 46.8 Å². The van der Waals surface area contributed by atoms with Crippen LogP contribution in [0, 0.1) is 0 Å². The van der Waals surface area contributed by atoms with Gasteiger partial charge in [0, 0.05) is 36.8 Å². The van der Waals surface area contributed by atoms with Crippen LogP contribution in [0.25, 0.3) is 0 Å². The van der Waals surface area contributed by atoms with Crippen molar-refractivity contribution in [3.63, 3.8) is 0 Å². The molecule has 30 heavy (non-hydrogen) atoms. The second kappa shape index (κ2) is 9.09. The molecule has 1 fully saturated rings. The summed E-state index contributed by atoms with van der Waals surface area (Å²) in [6, 6.07) is 4.86. The summed E-state index contributed by atoms with van der Waals surface area (Å²) in [6.07, 6.45) is 4.24. The third-order valence-electron chi connectivity index (χ3n) is 5.72. The monoisotopic (exact) mass is 486 g/mol. The molecule has 2 aliphatic rings. The van der Waals surface area contributed by atoms with Gasteiger partial charge in [-0.25, -0.2) is 4.98 Å². The van der Waals surface area contributed by atoms with E-state index >= 15 is 0 Å². The Balaban J connectivity index is 1.57. The van der Waals surface area contributed by atoms with E-state index in [0.717, 1.165) is 25.9 Å². The lowest BCUT2D eigenvalue weighted by atomic mass is 10.0. The molecule has 1 amide bonds. The highest BCUT2D eigenvalue weighted by Crippen LogP contribution is 2.28. The SMILES string of the molecule is CSN1CCC(n2c(Cl)nc3c(c2=O)CCN(C(=O)c2ccc(Cl)c(Cl)c2)C3)CC1. The summed E-state index contributed by atoms with van der Waals surface area (Å²) in [5.41, 5.74) is 1.61. The lowest BCUT2D eigenvalue weighted by Crippen LogP contribution is -2.42. The Morgan fingerprint density at radius 3 is 2.53 bits per heavy atom. The van der Waals surface area contributed by atoms with E-state index in [-0.39, 0.29) is 29.3 Å². The van der Waals surface area contributed by atoms with Gasteiger partial charge in [-0.3, -0.25) is 18.5 Å². The van der Waals surface area contributed by atoms with Gasteiger partial charge in [0.15, 0.2) is 0 Å². The molecule has 6 nitrogen and oxygen atoms in total. The normalized spacial score (nSPS) is 17.8. The maximum absolute atomic E-state index is 13.2. The first kappa shape index (κ1) is 22.0. The zero-order valence-corrected chi connectivity index (χ0v) is 19.5. The molecule has 160 valence electrons. The molecule has 0 bridgehead atoms. The largest absolute Gasteiger partial charge is 0.332 e. The molecule has 0 atom stereocenters. The predicted molar refractivity (Wildman–Crippen MR) is 122 cm³/mol. The fourth-order valence-corrected chi connectivity index (χ4v) is 5.25. The van der Waals surface area contributed by atoms with Crippen molar-refractivity contribution >= 4 is 52.7 Å². The summed E-state index contributed by atoms with van der Waals surface area (Å²) in [6.45, 7) is 2.51. The second-order valence-electron chi connectivity index (χ2n) is 7.43. The summed E-state index contributed by atoms with van der Waals surface area (Å²) in [5, 5.41) is 0.927. The van der Waals surface area contributed by atoms with Crippen molar-refractivity contribution in [2.24, 2.45) is 0 Å². The third kappa shape index (κ3) is 4.23. The maximum Gasteiger partial charge on any atom is 0.258 e. The molecule has 10 heteroatoms. The quantitative estimate of drug-likeness (QED) is 0.477. The fraction of sp³-hybridized carbons (Fsp3) is 0.450. The Morgan fingerprint density at radius 1 is 1.13 bits per heavy atom. The van der Waals surface area contributed by atoms with Crippen molar-refractivity contribution in [3.8, 4) is 0 Å². The van der Waals surface area contributed by atoms with Gasteiger partial charge in [0.2, 0.25) is 5.28 Å². The van der Waals surface area contributed by atoms with Crippen molar-refractivity contribution in [2.75, 3.05) is 25.9 Å². The van der Waals surface area contributed by atoms with Gasteiger partial charge in [0.25, 0.3) is 11.5 Å². The second-order valence-corrected chi connectivity index (χ2v) is 9.46. The van der Waals surface area contributed by atoms with E-state index in [4.69, 9.17) is 34.8 Å². The zero-order chi connectivity index (χ0) is 21.4. The summed E-state index contributed by atoms with van der Waals surface area (Å²) < 4.78 is 3.93. The molecule has 0 spiro atoms. The van der Waals surface area contributed by atoms with Crippen LogP contribution < -0.4 is 5.56 Å². The molecule has 2 aromatic rings. The van der Waals surface area contributed by atoms with Crippen molar-refractivity contribution in [3.05, 3.63) is 60.7 Å². The average molecular weight is 488 g/mol. The molecule has 4 rings (SSSR count). The zero-order valence-electron chi connectivity index (χ0n) is 16.4. The highest BCUT2D eigenvalue weighted by molar-refractivity contribution is 7.96. The van der Waals surface area contributed by atoms with Gasteiger partial charge < -0.3 is 4.90 Å². The molecule has 0 saturated carbocycles. The van der Waals surface area contributed by atoms with Crippen molar-refractivity contribution in [2.45, 2.75) is 31.8 Å². The van der Waals surface area contributed by atoms with Crippen LogP contribution in [0.2, 0.25) is 15.3 Å². The Hall–Kier alpha value is -1.25. The summed E-state index contributed by atoms with van der Waals surface area (Å²) in [4.78, 5) is 32.3. The van der Waals surface area contributed by atoms with Gasteiger partial charge in [0.05, 0.1) is 22.3 Å². The minimum atomic E-state index is -0.175. The Bertz CT molecular complexity index is 1040. The number of benzene rings is 1. The lowest BCUT2D eigenvalue weighted by Gasteiger charge is -2.33. The first-order valence-corrected chi connectivity index (χ1v) is 12.0. The van der Waals surface area contributed by atoms with Gasteiger partial charge >= 0.3 is 0 Å². The molecule has 0 radical (unpaired) electrons. The van der Waals surface area contributed by atoms with Crippen molar-refractivity contribution in [1.82, 2.24) is 18.8 Å². The smallest absolute Gasteiger partial charge is 0.258 e. The van der Waals surface area contributed by atoms with Crippen LogP contribution in [0.1, 0.15) is 40.5 Å². The van der Waals surface area contributed by atoms with Crippen LogP contribution in [0.3, 0.4) is 0 Å². The van der Waals surface area contributed by atoms with Gasteiger partial charge in [-0.1, -0.05) is 35.1 Å². The van der Waals surface area contributed by atoms with E-state index in [9.17, 15) is 9.59 Å². The molecule has 0 N–H and O–H groups in total. The minimum absolute atomic E-state index is 0.0575. The van der Waals surface area contributed by atoms with Gasteiger partial charge in [-0.2, -0.15) is 0 Å². The van der Waals surface area contributed by atoms with E-state index in [1.807, 2.05) is 0 Å². The standard InChI is InChI=1S/C20H21Cl3N4O2S/c1-30-26-8-4-13(5-9-26)27-19(29)14-6-7-25(11-17(14)24-20(27)23)18(28)12-2-3-15(21)16(22)10-12/h2-3,10,13H,4-9,11H2,1H3. The van der Waals surface area contributed by atoms with E-state index < -0.39 is 0 Å². The third-order valence-corrected chi connectivity index (χ3v) is 7.61. The molecular weight excluding hydrogens is 467 g/mol. The number of carbonyl (C=O) groups excluding carboxylic acids is 1. The number of carbonyl (C=O) groups is 1. The predicted octanol–water partition coefficient (Wildman–Crippen LogP) is 4.32. The fourth-order valence-electron chi connectivity index (χ4n) is 4.06. The van der Waals surface area contributed by atoms with E-state index in [1.54, 1.807) is 39.6 Å². The Labute approximate surface area is 194 Å². The lowest BCUT2D eigenvalue weighted by molar-refractivity contribution is 0.0730. The van der Waals surface area contributed by atoms with Gasteiger partial charge in [-0.15, -0.1) is 0 Å². The highest BCUT2D eigenvalue weighted by Gasteiger charge is 2.29. The Kier molecular flexibility index (Phi) is 6.65. The van der Waals surface area contributed by atoms with Crippen LogP contribution in [-0.2, 0) is 13.0 Å². The number of hydrogen-bond acceptors (Lipinski definition) is 5. The number of fused-ring (bicyclic) bond motifs is 1. The molecule has 2 aliphatic heterocycles. The first-order chi connectivity index (χ1) is 14.4. The maximum atomic E-state index is 13.2. The molecule has 0 aliphatic carbocycles. The van der Waals surface area contributed by atoms with Crippen LogP contribution in [0.4, 0.5) is 0 Å². The highest BCUT2D eigenvalue weighted by atomic mass is 35.5. The molecule has 1 aromatic heterocycles. The molecule has 0 unspecified atom stereocenters. The topological polar surface area (TPSA) is 58.4 Å². The average Bonchev–Trinajstić information content (AvgIpc) is 2.75. The van der Waals surface area contributed by atoms with Crippen LogP contribution in [0.5, 0.6) is 0 Å². The van der Waals surface area contributed by atoms with E-state index in [2.05, 4.69) is 15.5 Å². The number of aromatic nitrogens is 2. The first-order valence-electron chi connectivity index (χ1n) is 9.72. The number of rotatable bonds is 3. The minimum Gasteiger partial charge on any atom is -0.332 e. The molecule has 1 aromatic carbocycles. The van der Waals surface area contributed by atoms with Gasteiger partial charge in [-0.05, 0) is 55.3 Å². The number of halogens is 3. The summed E-state index contributed by atoms with van der Waals surface area (Å²) >= 11 is 20.2. The molecular formula is C20H21Cl3N4O2S. The number of amides is 1. The number of nitrogens with zero attached hydrogens (tertiary/aromatic N) is 4. The summed E-state index contributed by atoms with van der Waals surface area (Å²) in [5.74, 6) is -0.175.